The van der Waals surface area contributed by atoms with Crippen molar-refractivity contribution in [3.63, 3.8) is 0 Å². The van der Waals surface area contributed by atoms with E-state index >= 15 is 0 Å². The van der Waals surface area contributed by atoms with Crippen LogP contribution in [0.5, 0.6) is 0 Å². The number of likely N-dealkylation sites (N-methyl/N-ethyl adjacent to an activating group) is 1. The fourth-order valence-corrected chi connectivity index (χ4v) is 2.76. The van der Waals surface area contributed by atoms with Crippen LogP contribution in [0.25, 0.3) is 0 Å². The van der Waals surface area contributed by atoms with E-state index in [9.17, 15) is 9.59 Å². The molecule has 0 spiro atoms. The van der Waals surface area contributed by atoms with Crippen LogP contribution in [0.15, 0.2) is 0 Å². The summed E-state index contributed by atoms with van der Waals surface area (Å²) in [5.74, 6) is -0.0123. The fraction of sp³-hybridized carbons (Fsp3) is 0.875. The molecule has 0 heterocycles. The molecule has 5 heteroatoms. The summed E-state index contributed by atoms with van der Waals surface area (Å²) in [6.45, 7) is 7.74. The van der Waals surface area contributed by atoms with Crippen LogP contribution in [-0.4, -0.2) is 48.9 Å². The summed E-state index contributed by atoms with van der Waals surface area (Å²) in [5, 5.41) is 5.92. The zero-order valence-electron chi connectivity index (χ0n) is 13.6. The molecule has 0 aromatic heterocycles. The van der Waals surface area contributed by atoms with E-state index in [0.717, 1.165) is 32.5 Å². The molecule has 0 unspecified atom stereocenters. The van der Waals surface area contributed by atoms with Gasteiger partial charge >= 0.3 is 0 Å². The van der Waals surface area contributed by atoms with Crippen molar-refractivity contribution >= 4 is 11.8 Å². The highest BCUT2D eigenvalue weighted by Gasteiger charge is 2.16. The molecule has 1 rings (SSSR count). The number of amides is 2. The molecule has 0 aromatic rings. The van der Waals surface area contributed by atoms with Gasteiger partial charge < -0.3 is 15.5 Å². The molecule has 0 aromatic carbocycles. The van der Waals surface area contributed by atoms with Crippen molar-refractivity contribution < 1.29 is 9.59 Å². The van der Waals surface area contributed by atoms with Crippen LogP contribution in [0, 0.1) is 0 Å². The predicted molar refractivity (Wildman–Crippen MR) is 85.0 cm³/mol. The van der Waals surface area contributed by atoms with Crippen LogP contribution in [0.1, 0.15) is 58.8 Å². The molecule has 0 aliphatic heterocycles. The van der Waals surface area contributed by atoms with Gasteiger partial charge in [-0.1, -0.05) is 33.1 Å². The highest BCUT2D eigenvalue weighted by atomic mass is 16.2. The summed E-state index contributed by atoms with van der Waals surface area (Å²) < 4.78 is 0. The molecule has 0 radical (unpaired) electrons. The molecule has 2 amide bonds. The molecule has 1 saturated carbocycles. The van der Waals surface area contributed by atoms with Gasteiger partial charge in [0.2, 0.25) is 11.8 Å². The van der Waals surface area contributed by atoms with E-state index in [4.69, 9.17) is 0 Å². The van der Waals surface area contributed by atoms with Crippen molar-refractivity contribution in [1.29, 1.82) is 0 Å². The molecule has 1 fully saturated rings. The standard InChI is InChI=1S/C16H31N3O2/c1-3-19(4-2)13-12-17-15(20)10-11-16(21)18-14-8-6-5-7-9-14/h14H,3-13H2,1-2H3,(H,17,20)(H,18,21). The lowest BCUT2D eigenvalue weighted by Crippen LogP contribution is -2.37. The lowest BCUT2D eigenvalue weighted by atomic mass is 9.95. The Bertz CT molecular complexity index is 311. The second-order valence-electron chi connectivity index (χ2n) is 5.78. The van der Waals surface area contributed by atoms with Gasteiger partial charge in [0.05, 0.1) is 0 Å². The maximum Gasteiger partial charge on any atom is 0.220 e. The average molecular weight is 297 g/mol. The van der Waals surface area contributed by atoms with Crippen molar-refractivity contribution in [3.05, 3.63) is 0 Å². The Hall–Kier alpha value is -1.10. The number of nitrogens with zero attached hydrogens (tertiary/aromatic N) is 1. The maximum absolute atomic E-state index is 11.8. The fourth-order valence-electron chi connectivity index (χ4n) is 2.76. The van der Waals surface area contributed by atoms with Crippen LogP contribution in [0.4, 0.5) is 0 Å². The normalized spacial score (nSPS) is 16.0. The van der Waals surface area contributed by atoms with E-state index < -0.39 is 0 Å². The quantitative estimate of drug-likeness (QED) is 0.680. The Balaban J connectivity index is 2.07. The number of nitrogens with one attached hydrogen (secondary N) is 2. The first-order valence-electron chi connectivity index (χ1n) is 8.44. The molecule has 0 saturated heterocycles. The van der Waals surface area contributed by atoms with Gasteiger partial charge in [0.15, 0.2) is 0 Å². The summed E-state index contributed by atoms with van der Waals surface area (Å²) in [4.78, 5) is 25.7. The number of carbonyl (C=O) groups is 2. The minimum absolute atomic E-state index is 0.0146. The first kappa shape index (κ1) is 18.0. The number of rotatable bonds is 9. The second kappa shape index (κ2) is 10.6. The van der Waals surface area contributed by atoms with Crippen molar-refractivity contribution in [2.75, 3.05) is 26.2 Å². The largest absolute Gasteiger partial charge is 0.355 e. The van der Waals surface area contributed by atoms with E-state index in [2.05, 4.69) is 29.4 Å². The lowest BCUT2D eigenvalue weighted by Gasteiger charge is -2.22. The Morgan fingerprint density at radius 1 is 1.00 bits per heavy atom. The van der Waals surface area contributed by atoms with E-state index in [1.807, 2.05) is 0 Å². The van der Waals surface area contributed by atoms with Gasteiger partial charge in [0.1, 0.15) is 0 Å². The predicted octanol–water partition coefficient (Wildman–Crippen LogP) is 1.67. The molecule has 1 aliphatic carbocycles. The topological polar surface area (TPSA) is 61.4 Å². The van der Waals surface area contributed by atoms with Gasteiger partial charge in [-0.25, -0.2) is 0 Å². The molecule has 0 atom stereocenters. The first-order valence-corrected chi connectivity index (χ1v) is 8.44. The summed E-state index contributed by atoms with van der Waals surface area (Å²) in [5.41, 5.74) is 0. The molecular weight excluding hydrogens is 266 g/mol. The van der Waals surface area contributed by atoms with Crippen LogP contribution in [0.3, 0.4) is 0 Å². The highest BCUT2D eigenvalue weighted by molar-refractivity contribution is 5.83. The molecule has 1 aliphatic rings. The molecule has 122 valence electrons. The number of carbonyl (C=O) groups excluding carboxylic acids is 2. The Morgan fingerprint density at radius 2 is 1.62 bits per heavy atom. The van der Waals surface area contributed by atoms with Gasteiger partial charge in [-0.3, -0.25) is 9.59 Å². The SMILES string of the molecule is CCN(CC)CCNC(=O)CCC(=O)NC1CCCCC1. The third kappa shape index (κ3) is 8.05. The smallest absolute Gasteiger partial charge is 0.220 e. The van der Waals surface area contributed by atoms with Gasteiger partial charge in [-0.2, -0.15) is 0 Å². The van der Waals surface area contributed by atoms with E-state index in [1.54, 1.807) is 0 Å². The monoisotopic (exact) mass is 297 g/mol. The van der Waals surface area contributed by atoms with E-state index in [1.165, 1.54) is 19.3 Å². The van der Waals surface area contributed by atoms with Gasteiger partial charge in [-0.05, 0) is 25.9 Å². The Morgan fingerprint density at radius 3 is 2.24 bits per heavy atom. The summed E-state index contributed by atoms with van der Waals surface area (Å²) in [6.07, 6.45) is 6.45. The Kier molecular flexibility index (Phi) is 9.06. The molecular formula is C16H31N3O2. The second-order valence-corrected chi connectivity index (χ2v) is 5.78. The van der Waals surface area contributed by atoms with Gasteiger partial charge in [0.25, 0.3) is 0 Å². The van der Waals surface area contributed by atoms with Gasteiger partial charge in [0, 0.05) is 32.0 Å². The zero-order chi connectivity index (χ0) is 15.5. The lowest BCUT2D eigenvalue weighted by molar-refractivity contribution is -0.127. The highest BCUT2D eigenvalue weighted by Crippen LogP contribution is 2.17. The maximum atomic E-state index is 11.8. The molecule has 21 heavy (non-hydrogen) atoms. The van der Waals surface area contributed by atoms with E-state index in [-0.39, 0.29) is 18.2 Å². The molecule has 5 nitrogen and oxygen atoms in total. The summed E-state index contributed by atoms with van der Waals surface area (Å²) in [6, 6.07) is 0.331. The van der Waals surface area contributed by atoms with Crippen LogP contribution < -0.4 is 10.6 Å². The molecule has 2 N–H and O–H groups in total. The summed E-state index contributed by atoms with van der Waals surface area (Å²) >= 11 is 0. The van der Waals surface area contributed by atoms with Crippen molar-refractivity contribution in [3.8, 4) is 0 Å². The number of hydrogen-bond donors (Lipinski definition) is 2. The first-order chi connectivity index (χ1) is 10.2. The van der Waals surface area contributed by atoms with Crippen molar-refractivity contribution in [2.24, 2.45) is 0 Å². The van der Waals surface area contributed by atoms with Crippen molar-refractivity contribution in [2.45, 2.75) is 64.8 Å². The third-order valence-corrected chi connectivity index (χ3v) is 4.19. The average Bonchev–Trinajstić information content (AvgIpc) is 2.50. The minimum atomic E-state index is -0.0269. The van der Waals surface area contributed by atoms with E-state index in [0.29, 0.717) is 19.0 Å². The number of hydrogen-bond acceptors (Lipinski definition) is 3. The van der Waals surface area contributed by atoms with Crippen molar-refractivity contribution in [1.82, 2.24) is 15.5 Å². The van der Waals surface area contributed by atoms with Gasteiger partial charge in [-0.15, -0.1) is 0 Å². The molecule has 0 bridgehead atoms. The van der Waals surface area contributed by atoms with Crippen LogP contribution in [-0.2, 0) is 9.59 Å². The Labute approximate surface area is 128 Å². The zero-order valence-corrected chi connectivity index (χ0v) is 13.6. The van der Waals surface area contributed by atoms with Crippen LogP contribution in [0.2, 0.25) is 0 Å². The summed E-state index contributed by atoms with van der Waals surface area (Å²) in [7, 11) is 0. The minimum Gasteiger partial charge on any atom is -0.355 e. The van der Waals surface area contributed by atoms with Crippen LogP contribution >= 0.6 is 0 Å². The third-order valence-electron chi connectivity index (χ3n) is 4.19.